The van der Waals surface area contributed by atoms with Crippen molar-refractivity contribution in [3.63, 3.8) is 0 Å². The maximum Gasteiger partial charge on any atom is 0.119 e. The molecule has 0 aliphatic heterocycles. The van der Waals surface area contributed by atoms with Crippen molar-refractivity contribution in [2.24, 2.45) is 0 Å². The van der Waals surface area contributed by atoms with Crippen LogP contribution in [0, 0.1) is 0 Å². The Hall–Kier alpha value is -2.00. The van der Waals surface area contributed by atoms with Gasteiger partial charge in [-0.1, -0.05) is 24.3 Å². The number of benzene rings is 2. The minimum absolute atomic E-state index is 0.543. The lowest BCUT2D eigenvalue weighted by atomic mass is 10.1. The molecule has 0 amide bonds. The quantitative estimate of drug-likeness (QED) is 0.827. The molecule has 1 N–H and O–H groups in total. The Morgan fingerprint density at radius 3 is 2.19 bits per heavy atom. The predicted molar refractivity (Wildman–Crippen MR) is 84.1 cm³/mol. The molecule has 1 aliphatic carbocycles. The van der Waals surface area contributed by atoms with Crippen molar-refractivity contribution < 1.29 is 9.47 Å². The highest BCUT2D eigenvalue weighted by atomic mass is 16.5. The molecule has 0 bridgehead atoms. The number of rotatable bonds is 6. The van der Waals surface area contributed by atoms with Crippen LogP contribution in [0.15, 0.2) is 48.5 Å². The Kier molecular flexibility index (Phi) is 4.41. The van der Waals surface area contributed by atoms with Gasteiger partial charge in [0.25, 0.3) is 0 Å². The fraction of sp³-hybridized carbons (Fsp3) is 0.333. The van der Waals surface area contributed by atoms with Gasteiger partial charge in [0.15, 0.2) is 0 Å². The van der Waals surface area contributed by atoms with Gasteiger partial charge in [-0.3, -0.25) is 0 Å². The molecule has 0 saturated carbocycles. The van der Waals surface area contributed by atoms with E-state index in [1.54, 1.807) is 7.11 Å². The molecule has 0 radical (unpaired) electrons. The number of fused-ring (bicyclic) bond motifs is 1. The second kappa shape index (κ2) is 6.64. The van der Waals surface area contributed by atoms with Gasteiger partial charge in [-0.15, -0.1) is 0 Å². The molecule has 0 fully saturated rings. The van der Waals surface area contributed by atoms with Crippen LogP contribution in [0.1, 0.15) is 11.1 Å². The molecule has 2 aromatic rings. The summed E-state index contributed by atoms with van der Waals surface area (Å²) in [7, 11) is 1.67. The fourth-order valence-electron chi connectivity index (χ4n) is 2.81. The standard InChI is InChI=1S/C18H21NO2/c1-20-17-6-8-18(9-7-17)21-11-10-19-16-12-14-4-2-3-5-15(14)13-16/h2-9,16,19H,10-13H2,1H3. The average molecular weight is 283 g/mol. The van der Waals surface area contributed by atoms with Gasteiger partial charge in [-0.2, -0.15) is 0 Å². The number of ether oxygens (including phenoxy) is 2. The molecular weight excluding hydrogens is 262 g/mol. The summed E-state index contributed by atoms with van der Waals surface area (Å²) in [5.74, 6) is 1.73. The lowest BCUT2D eigenvalue weighted by molar-refractivity contribution is 0.305. The molecule has 3 heteroatoms. The van der Waals surface area contributed by atoms with Crippen molar-refractivity contribution >= 4 is 0 Å². The molecule has 0 atom stereocenters. The minimum Gasteiger partial charge on any atom is -0.497 e. The van der Waals surface area contributed by atoms with E-state index >= 15 is 0 Å². The Bertz CT molecular complexity index is 555. The lowest BCUT2D eigenvalue weighted by Gasteiger charge is -2.12. The summed E-state index contributed by atoms with van der Waals surface area (Å²) in [5, 5.41) is 3.57. The van der Waals surface area contributed by atoms with E-state index in [2.05, 4.69) is 29.6 Å². The van der Waals surface area contributed by atoms with Crippen LogP contribution in [0.3, 0.4) is 0 Å². The molecule has 0 unspecified atom stereocenters. The van der Waals surface area contributed by atoms with Gasteiger partial charge in [-0.05, 0) is 48.2 Å². The molecule has 21 heavy (non-hydrogen) atoms. The van der Waals surface area contributed by atoms with E-state index in [-0.39, 0.29) is 0 Å². The van der Waals surface area contributed by atoms with Gasteiger partial charge in [0.05, 0.1) is 7.11 Å². The zero-order valence-electron chi connectivity index (χ0n) is 12.3. The molecule has 0 saturated heterocycles. The summed E-state index contributed by atoms with van der Waals surface area (Å²) in [6, 6.07) is 16.9. The van der Waals surface area contributed by atoms with Crippen molar-refractivity contribution in [2.45, 2.75) is 18.9 Å². The van der Waals surface area contributed by atoms with Crippen LogP contribution in [0.4, 0.5) is 0 Å². The highest BCUT2D eigenvalue weighted by molar-refractivity contribution is 5.33. The van der Waals surface area contributed by atoms with Crippen LogP contribution >= 0.6 is 0 Å². The molecule has 0 aromatic heterocycles. The normalized spacial score (nSPS) is 14.0. The first-order chi connectivity index (χ1) is 10.3. The van der Waals surface area contributed by atoms with Gasteiger partial charge in [0, 0.05) is 12.6 Å². The van der Waals surface area contributed by atoms with Gasteiger partial charge in [0.2, 0.25) is 0 Å². The molecule has 3 rings (SSSR count). The SMILES string of the molecule is COc1ccc(OCCNC2Cc3ccccc3C2)cc1. The largest absolute Gasteiger partial charge is 0.497 e. The van der Waals surface area contributed by atoms with Crippen molar-refractivity contribution in [1.29, 1.82) is 0 Å². The third kappa shape index (κ3) is 3.56. The number of hydrogen-bond acceptors (Lipinski definition) is 3. The molecule has 110 valence electrons. The monoisotopic (exact) mass is 283 g/mol. The van der Waals surface area contributed by atoms with E-state index in [9.17, 15) is 0 Å². The fourth-order valence-corrected chi connectivity index (χ4v) is 2.81. The smallest absolute Gasteiger partial charge is 0.119 e. The van der Waals surface area contributed by atoms with Gasteiger partial charge in [0.1, 0.15) is 18.1 Å². The Morgan fingerprint density at radius 1 is 0.952 bits per heavy atom. The first-order valence-electron chi connectivity index (χ1n) is 7.42. The summed E-state index contributed by atoms with van der Waals surface area (Å²) < 4.78 is 10.8. The van der Waals surface area contributed by atoms with Crippen LogP contribution in [0.2, 0.25) is 0 Å². The van der Waals surface area contributed by atoms with E-state index < -0.39 is 0 Å². The zero-order chi connectivity index (χ0) is 14.5. The van der Waals surface area contributed by atoms with Crippen molar-refractivity contribution in [3.05, 3.63) is 59.7 Å². The Labute approximate surface area is 125 Å². The number of nitrogens with one attached hydrogen (secondary N) is 1. The van der Waals surface area contributed by atoms with Crippen LogP contribution in [-0.4, -0.2) is 26.3 Å². The second-order valence-corrected chi connectivity index (χ2v) is 5.35. The van der Waals surface area contributed by atoms with Crippen LogP contribution in [0.25, 0.3) is 0 Å². The van der Waals surface area contributed by atoms with Crippen molar-refractivity contribution in [1.82, 2.24) is 5.32 Å². The van der Waals surface area contributed by atoms with Crippen molar-refractivity contribution in [3.8, 4) is 11.5 Å². The van der Waals surface area contributed by atoms with E-state index in [0.29, 0.717) is 12.6 Å². The zero-order valence-corrected chi connectivity index (χ0v) is 12.3. The van der Waals surface area contributed by atoms with Crippen molar-refractivity contribution in [2.75, 3.05) is 20.3 Å². The summed E-state index contributed by atoms with van der Waals surface area (Å²) in [4.78, 5) is 0. The second-order valence-electron chi connectivity index (χ2n) is 5.35. The Morgan fingerprint density at radius 2 is 1.57 bits per heavy atom. The van der Waals surface area contributed by atoms with Gasteiger partial charge in [-0.25, -0.2) is 0 Å². The topological polar surface area (TPSA) is 30.5 Å². The van der Waals surface area contributed by atoms with Crippen LogP contribution in [0.5, 0.6) is 11.5 Å². The maximum atomic E-state index is 5.72. The van der Waals surface area contributed by atoms with Crippen LogP contribution in [-0.2, 0) is 12.8 Å². The minimum atomic E-state index is 0.543. The number of hydrogen-bond donors (Lipinski definition) is 1. The maximum absolute atomic E-state index is 5.72. The third-order valence-corrected chi connectivity index (χ3v) is 3.91. The molecule has 1 aliphatic rings. The number of methoxy groups -OCH3 is 1. The average Bonchev–Trinajstić information content (AvgIpc) is 2.95. The van der Waals surface area contributed by atoms with Crippen LogP contribution < -0.4 is 14.8 Å². The highest BCUT2D eigenvalue weighted by Crippen LogP contribution is 2.21. The summed E-state index contributed by atoms with van der Waals surface area (Å²) in [5.41, 5.74) is 2.96. The summed E-state index contributed by atoms with van der Waals surface area (Å²) >= 11 is 0. The van der Waals surface area contributed by atoms with E-state index in [0.717, 1.165) is 30.9 Å². The Balaban J connectivity index is 1.39. The first kappa shape index (κ1) is 14.0. The van der Waals surface area contributed by atoms with Gasteiger partial charge >= 0.3 is 0 Å². The highest BCUT2D eigenvalue weighted by Gasteiger charge is 2.19. The summed E-state index contributed by atoms with van der Waals surface area (Å²) in [6.45, 7) is 1.55. The first-order valence-corrected chi connectivity index (χ1v) is 7.42. The summed E-state index contributed by atoms with van der Waals surface area (Å²) in [6.07, 6.45) is 2.25. The third-order valence-electron chi connectivity index (χ3n) is 3.91. The van der Waals surface area contributed by atoms with E-state index in [4.69, 9.17) is 9.47 Å². The molecule has 2 aromatic carbocycles. The molecule has 0 spiro atoms. The molecule has 0 heterocycles. The van der Waals surface area contributed by atoms with E-state index in [1.165, 1.54) is 11.1 Å². The molecule has 3 nitrogen and oxygen atoms in total. The lowest BCUT2D eigenvalue weighted by Crippen LogP contribution is -2.33. The molecular formula is C18H21NO2. The van der Waals surface area contributed by atoms with E-state index in [1.807, 2.05) is 24.3 Å². The van der Waals surface area contributed by atoms with Gasteiger partial charge < -0.3 is 14.8 Å². The predicted octanol–water partition coefficient (Wildman–Crippen LogP) is 2.83.